The van der Waals surface area contributed by atoms with E-state index in [1.807, 2.05) is 6.07 Å². The predicted molar refractivity (Wildman–Crippen MR) is 68.5 cm³/mol. The molecule has 0 radical (unpaired) electrons. The molecule has 0 amide bonds. The van der Waals surface area contributed by atoms with Gasteiger partial charge < -0.3 is 14.6 Å². The third-order valence-corrected chi connectivity index (χ3v) is 3.26. The van der Waals surface area contributed by atoms with E-state index < -0.39 is 6.10 Å². The highest BCUT2D eigenvalue weighted by Crippen LogP contribution is 2.30. The van der Waals surface area contributed by atoms with Gasteiger partial charge in [-0.15, -0.1) is 0 Å². The second-order valence-corrected chi connectivity index (χ2v) is 4.70. The molecule has 1 aliphatic rings. The fourth-order valence-electron chi connectivity index (χ4n) is 2.20. The second-order valence-electron chi connectivity index (χ2n) is 4.70. The van der Waals surface area contributed by atoms with Gasteiger partial charge in [-0.2, -0.15) is 0 Å². The fourth-order valence-corrected chi connectivity index (χ4v) is 2.20. The van der Waals surface area contributed by atoms with Crippen LogP contribution in [0.4, 0.5) is 0 Å². The van der Waals surface area contributed by atoms with E-state index in [9.17, 15) is 5.11 Å². The maximum atomic E-state index is 10.3. The summed E-state index contributed by atoms with van der Waals surface area (Å²) < 4.78 is 10.8. The van der Waals surface area contributed by atoms with Crippen LogP contribution in [0.2, 0.25) is 0 Å². The Balaban J connectivity index is 2.02. The SMILES string of the molecule is CCCOc1cncc(C(O)C2CCOCC2)c1. The van der Waals surface area contributed by atoms with Crippen molar-refractivity contribution in [2.75, 3.05) is 19.8 Å². The Morgan fingerprint density at radius 1 is 1.44 bits per heavy atom. The van der Waals surface area contributed by atoms with E-state index in [2.05, 4.69) is 11.9 Å². The maximum Gasteiger partial charge on any atom is 0.137 e. The van der Waals surface area contributed by atoms with E-state index in [1.54, 1.807) is 12.4 Å². The number of ether oxygens (including phenoxy) is 2. The van der Waals surface area contributed by atoms with E-state index in [1.165, 1.54) is 0 Å². The summed E-state index contributed by atoms with van der Waals surface area (Å²) >= 11 is 0. The van der Waals surface area contributed by atoms with Crippen molar-refractivity contribution in [3.05, 3.63) is 24.0 Å². The zero-order valence-corrected chi connectivity index (χ0v) is 10.8. The van der Waals surface area contributed by atoms with E-state index >= 15 is 0 Å². The smallest absolute Gasteiger partial charge is 0.137 e. The highest BCUT2D eigenvalue weighted by Gasteiger charge is 2.23. The first-order chi connectivity index (χ1) is 8.81. The Morgan fingerprint density at radius 3 is 2.94 bits per heavy atom. The van der Waals surface area contributed by atoms with Crippen LogP contribution < -0.4 is 4.74 Å². The Morgan fingerprint density at radius 2 is 2.22 bits per heavy atom. The van der Waals surface area contributed by atoms with E-state index in [0.29, 0.717) is 6.61 Å². The van der Waals surface area contributed by atoms with Crippen molar-refractivity contribution < 1.29 is 14.6 Å². The molecule has 0 aliphatic carbocycles. The van der Waals surface area contributed by atoms with Crippen molar-refractivity contribution in [3.63, 3.8) is 0 Å². The number of hydrogen-bond acceptors (Lipinski definition) is 4. The molecule has 1 atom stereocenters. The van der Waals surface area contributed by atoms with E-state index in [-0.39, 0.29) is 5.92 Å². The lowest BCUT2D eigenvalue weighted by Crippen LogP contribution is -2.22. The highest BCUT2D eigenvalue weighted by atomic mass is 16.5. The van der Waals surface area contributed by atoms with Crippen LogP contribution in [-0.4, -0.2) is 29.9 Å². The van der Waals surface area contributed by atoms with Crippen molar-refractivity contribution in [2.24, 2.45) is 5.92 Å². The summed E-state index contributed by atoms with van der Waals surface area (Å²) in [6.07, 6.45) is 5.72. The molecule has 1 aromatic heterocycles. The summed E-state index contributed by atoms with van der Waals surface area (Å²) in [5.41, 5.74) is 0.843. The summed E-state index contributed by atoms with van der Waals surface area (Å²) in [5, 5.41) is 10.3. The maximum absolute atomic E-state index is 10.3. The molecule has 4 nitrogen and oxygen atoms in total. The number of aliphatic hydroxyl groups excluding tert-OH is 1. The fraction of sp³-hybridized carbons (Fsp3) is 0.643. The topological polar surface area (TPSA) is 51.6 Å². The second kappa shape index (κ2) is 6.71. The van der Waals surface area contributed by atoms with Crippen LogP contribution in [0, 0.1) is 5.92 Å². The summed E-state index contributed by atoms with van der Waals surface area (Å²) in [6, 6.07) is 1.89. The molecule has 100 valence electrons. The van der Waals surface area contributed by atoms with Crippen molar-refractivity contribution in [3.8, 4) is 5.75 Å². The minimum absolute atomic E-state index is 0.266. The molecule has 1 saturated heterocycles. The first-order valence-corrected chi connectivity index (χ1v) is 6.65. The van der Waals surface area contributed by atoms with Crippen molar-refractivity contribution >= 4 is 0 Å². The first-order valence-electron chi connectivity index (χ1n) is 6.65. The van der Waals surface area contributed by atoms with Crippen LogP contribution >= 0.6 is 0 Å². The standard InChI is InChI=1S/C14H21NO3/c1-2-5-18-13-8-12(9-15-10-13)14(16)11-3-6-17-7-4-11/h8-11,14,16H,2-7H2,1H3. The Labute approximate surface area is 108 Å². The van der Waals surface area contributed by atoms with Gasteiger partial charge in [-0.1, -0.05) is 6.92 Å². The van der Waals surface area contributed by atoms with E-state index in [0.717, 1.165) is 43.8 Å². The van der Waals surface area contributed by atoms with Crippen LogP contribution in [0.15, 0.2) is 18.5 Å². The molecule has 1 aromatic rings. The molecule has 4 heteroatoms. The highest BCUT2D eigenvalue weighted by molar-refractivity contribution is 5.25. The van der Waals surface area contributed by atoms with Crippen LogP contribution in [0.3, 0.4) is 0 Å². The monoisotopic (exact) mass is 251 g/mol. The molecule has 0 bridgehead atoms. The number of pyridine rings is 1. The van der Waals surface area contributed by atoms with Gasteiger partial charge in [-0.3, -0.25) is 4.98 Å². The molecule has 2 heterocycles. The number of aromatic nitrogens is 1. The Hall–Kier alpha value is -1.13. The molecule has 1 fully saturated rings. The molecule has 1 aliphatic heterocycles. The third kappa shape index (κ3) is 3.43. The predicted octanol–water partition coefficient (Wildman–Crippen LogP) is 2.33. The van der Waals surface area contributed by atoms with Gasteiger partial charge in [0.1, 0.15) is 5.75 Å². The Bertz CT molecular complexity index is 364. The molecule has 0 saturated carbocycles. The van der Waals surface area contributed by atoms with Gasteiger partial charge in [0.25, 0.3) is 0 Å². The molecule has 2 rings (SSSR count). The number of nitrogens with zero attached hydrogens (tertiary/aromatic N) is 1. The third-order valence-electron chi connectivity index (χ3n) is 3.26. The van der Waals surface area contributed by atoms with Gasteiger partial charge in [0.05, 0.1) is 18.9 Å². The Kier molecular flexibility index (Phi) is 4.96. The summed E-state index contributed by atoms with van der Waals surface area (Å²) in [4.78, 5) is 4.14. The lowest BCUT2D eigenvalue weighted by atomic mass is 9.90. The molecular weight excluding hydrogens is 230 g/mol. The first kappa shape index (κ1) is 13.3. The minimum atomic E-state index is -0.466. The average Bonchev–Trinajstić information content (AvgIpc) is 2.45. The lowest BCUT2D eigenvalue weighted by molar-refractivity contribution is 0.00698. The van der Waals surface area contributed by atoms with Crippen LogP contribution in [0.5, 0.6) is 5.75 Å². The van der Waals surface area contributed by atoms with Crippen molar-refractivity contribution in [2.45, 2.75) is 32.3 Å². The average molecular weight is 251 g/mol. The van der Waals surface area contributed by atoms with Gasteiger partial charge in [0, 0.05) is 25.0 Å². The van der Waals surface area contributed by atoms with Gasteiger partial charge in [0.15, 0.2) is 0 Å². The number of rotatable bonds is 5. The van der Waals surface area contributed by atoms with Gasteiger partial charge in [0.2, 0.25) is 0 Å². The molecule has 1 unspecified atom stereocenters. The minimum Gasteiger partial charge on any atom is -0.492 e. The summed E-state index contributed by atoms with van der Waals surface area (Å²) in [7, 11) is 0. The number of hydrogen-bond donors (Lipinski definition) is 1. The normalized spacial score (nSPS) is 18.6. The van der Waals surface area contributed by atoms with Crippen LogP contribution in [-0.2, 0) is 4.74 Å². The molecular formula is C14H21NO3. The quantitative estimate of drug-likeness (QED) is 0.872. The summed E-state index contributed by atoms with van der Waals surface area (Å²) in [6.45, 7) is 4.22. The van der Waals surface area contributed by atoms with Crippen LogP contribution in [0.25, 0.3) is 0 Å². The van der Waals surface area contributed by atoms with Crippen LogP contribution in [0.1, 0.15) is 37.9 Å². The molecule has 1 N–H and O–H groups in total. The van der Waals surface area contributed by atoms with Gasteiger partial charge >= 0.3 is 0 Å². The zero-order chi connectivity index (χ0) is 12.8. The zero-order valence-electron chi connectivity index (χ0n) is 10.8. The van der Waals surface area contributed by atoms with Crippen molar-refractivity contribution in [1.29, 1.82) is 0 Å². The largest absolute Gasteiger partial charge is 0.492 e. The number of aliphatic hydroxyl groups is 1. The molecule has 18 heavy (non-hydrogen) atoms. The van der Waals surface area contributed by atoms with Crippen molar-refractivity contribution in [1.82, 2.24) is 4.98 Å². The molecule has 0 aromatic carbocycles. The van der Waals surface area contributed by atoms with Gasteiger partial charge in [-0.25, -0.2) is 0 Å². The molecule has 0 spiro atoms. The van der Waals surface area contributed by atoms with E-state index in [4.69, 9.17) is 9.47 Å². The summed E-state index contributed by atoms with van der Waals surface area (Å²) in [5.74, 6) is 1.00. The lowest BCUT2D eigenvalue weighted by Gasteiger charge is -2.26. The van der Waals surface area contributed by atoms with Gasteiger partial charge in [-0.05, 0) is 31.2 Å².